The number of ether oxygens (including phenoxy) is 1. The van der Waals surface area contributed by atoms with Gasteiger partial charge in [0.2, 0.25) is 0 Å². The summed E-state index contributed by atoms with van der Waals surface area (Å²) in [6, 6.07) is 6.07. The van der Waals surface area contributed by atoms with Crippen molar-refractivity contribution < 1.29 is 9.53 Å². The van der Waals surface area contributed by atoms with Crippen LogP contribution < -0.4 is 4.74 Å². The van der Waals surface area contributed by atoms with E-state index in [9.17, 15) is 4.79 Å². The summed E-state index contributed by atoms with van der Waals surface area (Å²) in [7, 11) is 0. The van der Waals surface area contributed by atoms with Gasteiger partial charge in [-0.05, 0) is 40.6 Å². The number of hydrogen-bond acceptors (Lipinski definition) is 2. The Kier molecular flexibility index (Phi) is 4.58. The van der Waals surface area contributed by atoms with Crippen LogP contribution in [0.1, 0.15) is 38.8 Å². The van der Waals surface area contributed by atoms with Gasteiger partial charge >= 0.3 is 0 Å². The molecule has 0 aromatic heterocycles. The van der Waals surface area contributed by atoms with Gasteiger partial charge in [-0.25, -0.2) is 0 Å². The van der Waals surface area contributed by atoms with E-state index in [1.54, 1.807) is 0 Å². The summed E-state index contributed by atoms with van der Waals surface area (Å²) in [5, 5.41) is -0.482. The number of benzene rings is 1. The molecule has 0 saturated heterocycles. The van der Waals surface area contributed by atoms with Crippen molar-refractivity contribution in [1.82, 2.24) is 0 Å². The van der Waals surface area contributed by atoms with E-state index >= 15 is 0 Å². The summed E-state index contributed by atoms with van der Waals surface area (Å²) in [5.41, 5.74) is 2.35. The van der Waals surface area contributed by atoms with Crippen LogP contribution in [-0.4, -0.2) is 11.8 Å². The number of rotatable bonds is 4. The molecule has 0 saturated carbocycles. The lowest BCUT2D eigenvalue weighted by Crippen LogP contribution is -2.15. The van der Waals surface area contributed by atoms with Gasteiger partial charge in [-0.2, -0.15) is 0 Å². The molecule has 0 aliphatic heterocycles. The third-order valence-corrected chi connectivity index (χ3v) is 2.71. The highest BCUT2D eigenvalue weighted by atomic mass is 35.5. The van der Waals surface area contributed by atoms with Crippen LogP contribution in [0.3, 0.4) is 0 Å². The molecule has 0 atom stereocenters. The van der Waals surface area contributed by atoms with Crippen molar-refractivity contribution in [3.63, 3.8) is 0 Å². The van der Waals surface area contributed by atoms with Gasteiger partial charge in [0.15, 0.2) is 6.61 Å². The lowest BCUT2D eigenvalue weighted by molar-refractivity contribution is -0.113. The molecule has 0 aliphatic carbocycles. The highest BCUT2D eigenvalue weighted by molar-refractivity contribution is 6.63. The Balaban J connectivity index is 3.07. The van der Waals surface area contributed by atoms with Crippen molar-refractivity contribution in [2.75, 3.05) is 6.61 Å². The van der Waals surface area contributed by atoms with Crippen LogP contribution in [0.4, 0.5) is 0 Å². The first-order chi connectivity index (χ1) is 7.84. The third kappa shape index (κ3) is 4.04. The topological polar surface area (TPSA) is 26.3 Å². The zero-order valence-electron chi connectivity index (χ0n) is 10.8. The number of halogens is 1. The Bertz CT molecular complexity index is 405. The first-order valence-electron chi connectivity index (χ1n) is 5.79. The highest BCUT2D eigenvalue weighted by Gasteiger charge is 2.19. The Labute approximate surface area is 108 Å². The zero-order chi connectivity index (χ0) is 13.1. The molecule has 0 aliphatic rings. The summed E-state index contributed by atoms with van der Waals surface area (Å²) in [4.78, 5) is 10.7. The van der Waals surface area contributed by atoms with Gasteiger partial charge in [0.1, 0.15) is 5.75 Å². The standard InChI is InChI=1S/C14H19ClO2/c1-5-10-6-7-12(17-9-13(15)16)11(8-10)14(2,3)4/h6-8H,5,9H2,1-4H3. The SMILES string of the molecule is CCc1ccc(OCC(=O)Cl)c(C(C)(C)C)c1. The van der Waals surface area contributed by atoms with Crippen LogP contribution in [0, 0.1) is 0 Å². The average molecular weight is 255 g/mol. The van der Waals surface area contributed by atoms with E-state index in [1.165, 1.54) is 5.56 Å². The maximum Gasteiger partial charge on any atom is 0.259 e. The quantitative estimate of drug-likeness (QED) is 0.766. The van der Waals surface area contributed by atoms with E-state index in [1.807, 2.05) is 12.1 Å². The first-order valence-corrected chi connectivity index (χ1v) is 6.17. The second kappa shape index (κ2) is 5.54. The van der Waals surface area contributed by atoms with E-state index < -0.39 is 5.24 Å². The molecule has 1 aromatic carbocycles. The van der Waals surface area contributed by atoms with Gasteiger partial charge in [0.05, 0.1) is 0 Å². The molecule has 1 rings (SSSR count). The number of hydrogen-bond donors (Lipinski definition) is 0. The Morgan fingerprint density at radius 3 is 2.47 bits per heavy atom. The summed E-state index contributed by atoms with van der Waals surface area (Å²) < 4.78 is 5.44. The van der Waals surface area contributed by atoms with E-state index in [0.717, 1.165) is 17.7 Å². The zero-order valence-corrected chi connectivity index (χ0v) is 11.6. The summed E-state index contributed by atoms with van der Waals surface area (Å²) in [6.07, 6.45) is 0.984. The maximum absolute atomic E-state index is 10.7. The van der Waals surface area contributed by atoms with Crippen molar-refractivity contribution in [1.29, 1.82) is 0 Å². The molecule has 2 nitrogen and oxygen atoms in total. The van der Waals surface area contributed by atoms with Crippen molar-refractivity contribution in [2.45, 2.75) is 39.5 Å². The van der Waals surface area contributed by atoms with Crippen LogP contribution in [-0.2, 0) is 16.6 Å². The van der Waals surface area contributed by atoms with Gasteiger partial charge in [0.25, 0.3) is 5.24 Å². The van der Waals surface area contributed by atoms with Crippen LogP contribution in [0.5, 0.6) is 5.75 Å². The second-order valence-electron chi connectivity index (χ2n) is 5.08. The second-order valence-corrected chi connectivity index (χ2v) is 5.50. The number of carbonyl (C=O) groups excluding carboxylic acids is 1. The molecule has 1 aromatic rings. The largest absolute Gasteiger partial charge is 0.484 e. The van der Waals surface area contributed by atoms with Crippen LogP contribution in [0.25, 0.3) is 0 Å². The van der Waals surface area contributed by atoms with Crippen molar-refractivity contribution >= 4 is 16.8 Å². The van der Waals surface area contributed by atoms with Crippen molar-refractivity contribution in [2.24, 2.45) is 0 Å². The highest BCUT2D eigenvalue weighted by Crippen LogP contribution is 2.32. The number of carbonyl (C=O) groups is 1. The molecule has 3 heteroatoms. The van der Waals surface area contributed by atoms with E-state index in [0.29, 0.717) is 0 Å². The molecule has 0 amide bonds. The molecular weight excluding hydrogens is 236 g/mol. The molecule has 0 unspecified atom stereocenters. The van der Waals surface area contributed by atoms with E-state index in [2.05, 4.69) is 33.8 Å². The summed E-state index contributed by atoms with van der Waals surface area (Å²) in [6.45, 7) is 8.39. The maximum atomic E-state index is 10.7. The van der Waals surface area contributed by atoms with Gasteiger partial charge in [-0.3, -0.25) is 4.79 Å². The predicted molar refractivity (Wildman–Crippen MR) is 70.9 cm³/mol. The molecule has 0 fully saturated rings. The molecule has 17 heavy (non-hydrogen) atoms. The normalized spacial score (nSPS) is 11.4. The lowest BCUT2D eigenvalue weighted by atomic mass is 9.85. The van der Waals surface area contributed by atoms with Crippen LogP contribution >= 0.6 is 11.6 Å². The van der Waals surface area contributed by atoms with Crippen molar-refractivity contribution in [3.8, 4) is 5.75 Å². The van der Waals surface area contributed by atoms with Gasteiger partial charge < -0.3 is 4.74 Å². The Morgan fingerprint density at radius 2 is 2.00 bits per heavy atom. The predicted octanol–water partition coefficient (Wildman–Crippen LogP) is 3.69. The first kappa shape index (κ1) is 14.0. The lowest BCUT2D eigenvalue weighted by Gasteiger charge is -2.23. The van der Waals surface area contributed by atoms with E-state index in [-0.39, 0.29) is 12.0 Å². The Morgan fingerprint density at radius 1 is 1.35 bits per heavy atom. The fraction of sp³-hybridized carbons (Fsp3) is 0.500. The minimum atomic E-state index is -0.482. The Hall–Kier alpha value is -1.02. The average Bonchev–Trinajstić information content (AvgIpc) is 2.24. The van der Waals surface area contributed by atoms with Crippen LogP contribution in [0.15, 0.2) is 18.2 Å². The van der Waals surface area contributed by atoms with Gasteiger partial charge in [-0.15, -0.1) is 0 Å². The molecule has 0 N–H and O–H groups in total. The smallest absolute Gasteiger partial charge is 0.259 e. The summed E-state index contributed by atoms with van der Waals surface area (Å²) >= 11 is 5.29. The molecule has 0 spiro atoms. The molecule has 94 valence electrons. The van der Waals surface area contributed by atoms with Gasteiger partial charge in [0, 0.05) is 0 Å². The van der Waals surface area contributed by atoms with Crippen LogP contribution in [0.2, 0.25) is 0 Å². The number of aryl methyl sites for hydroxylation is 1. The minimum absolute atomic E-state index is 0.0180. The molecular formula is C14H19ClO2. The summed E-state index contributed by atoms with van der Waals surface area (Å²) in [5.74, 6) is 0.740. The van der Waals surface area contributed by atoms with Gasteiger partial charge in [-0.1, -0.05) is 39.8 Å². The molecule has 0 radical (unpaired) electrons. The fourth-order valence-electron chi connectivity index (χ4n) is 1.64. The molecule has 0 bridgehead atoms. The molecule has 0 heterocycles. The van der Waals surface area contributed by atoms with Crippen molar-refractivity contribution in [3.05, 3.63) is 29.3 Å². The minimum Gasteiger partial charge on any atom is -0.484 e. The fourth-order valence-corrected chi connectivity index (χ4v) is 1.70. The monoisotopic (exact) mass is 254 g/mol. The van der Waals surface area contributed by atoms with E-state index in [4.69, 9.17) is 16.3 Å². The third-order valence-electron chi connectivity index (χ3n) is 2.60.